The number of piperidine rings is 1. The standard InChI is InChI=1S/C23H42N2O2/c1-17-14-21(23(24)26)15-18(2)25(17)12-13-27-22-10-8-20(9-11-22)16-19-6-4-3-5-7-19/h17-22H,3-16H2,1-2H3,(H2,24,26)/t17-,18+,20?,21?,22?. The number of primary amides is 1. The normalized spacial score (nSPS) is 36.6. The number of nitrogens with zero attached hydrogens (tertiary/aromatic N) is 1. The summed E-state index contributed by atoms with van der Waals surface area (Å²) >= 11 is 0. The van der Waals surface area contributed by atoms with Crippen LogP contribution < -0.4 is 5.73 Å². The van der Waals surface area contributed by atoms with E-state index in [1.165, 1.54) is 64.2 Å². The second kappa shape index (κ2) is 10.2. The van der Waals surface area contributed by atoms with Gasteiger partial charge in [-0.25, -0.2) is 0 Å². The van der Waals surface area contributed by atoms with Crippen molar-refractivity contribution >= 4 is 5.91 Å². The lowest BCUT2D eigenvalue weighted by Gasteiger charge is -2.42. The van der Waals surface area contributed by atoms with Crippen LogP contribution in [0.15, 0.2) is 0 Å². The van der Waals surface area contributed by atoms with E-state index in [1.807, 2.05) is 0 Å². The predicted molar refractivity (Wildman–Crippen MR) is 110 cm³/mol. The first-order chi connectivity index (χ1) is 13.0. The Morgan fingerprint density at radius 2 is 1.52 bits per heavy atom. The van der Waals surface area contributed by atoms with Gasteiger partial charge in [-0.15, -0.1) is 0 Å². The Hall–Kier alpha value is -0.610. The molecule has 3 fully saturated rings. The Bertz CT molecular complexity index is 443. The predicted octanol–water partition coefficient (Wildman–Crippen LogP) is 4.51. The van der Waals surface area contributed by atoms with Gasteiger partial charge in [0.1, 0.15) is 0 Å². The summed E-state index contributed by atoms with van der Waals surface area (Å²) in [6, 6.07) is 0.835. The molecule has 0 radical (unpaired) electrons. The molecule has 27 heavy (non-hydrogen) atoms. The third-order valence-corrected chi connectivity index (χ3v) is 7.67. The highest BCUT2D eigenvalue weighted by molar-refractivity contribution is 5.76. The molecule has 1 amide bonds. The molecule has 0 aromatic rings. The van der Waals surface area contributed by atoms with Crippen LogP contribution >= 0.6 is 0 Å². The smallest absolute Gasteiger partial charge is 0.220 e. The minimum atomic E-state index is -0.130. The summed E-state index contributed by atoms with van der Waals surface area (Å²) in [5.41, 5.74) is 5.52. The van der Waals surface area contributed by atoms with Crippen LogP contribution in [0.4, 0.5) is 0 Å². The molecule has 1 heterocycles. The van der Waals surface area contributed by atoms with Crippen molar-refractivity contribution in [3.8, 4) is 0 Å². The van der Waals surface area contributed by atoms with Gasteiger partial charge in [0.05, 0.1) is 12.7 Å². The van der Waals surface area contributed by atoms with Crippen molar-refractivity contribution in [2.75, 3.05) is 13.2 Å². The van der Waals surface area contributed by atoms with Gasteiger partial charge in [0, 0.05) is 24.5 Å². The second-order valence-electron chi connectivity index (χ2n) is 9.76. The molecule has 3 aliphatic rings. The molecular formula is C23H42N2O2. The molecule has 0 spiro atoms. The number of likely N-dealkylation sites (tertiary alicyclic amines) is 1. The average molecular weight is 379 g/mol. The van der Waals surface area contributed by atoms with Gasteiger partial charge < -0.3 is 10.5 Å². The van der Waals surface area contributed by atoms with Gasteiger partial charge in [0.15, 0.2) is 0 Å². The number of nitrogens with two attached hydrogens (primary N) is 1. The molecule has 4 nitrogen and oxygen atoms in total. The van der Waals surface area contributed by atoms with E-state index in [4.69, 9.17) is 10.5 Å². The summed E-state index contributed by atoms with van der Waals surface area (Å²) in [6.07, 6.45) is 16.4. The second-order valence-corrected chi connectivity index (χ2v) is 9.76. The fourth-order valence-corrected chi connectivity index (χ4v) is 6.05. The first-order valence-electron chi connectivity index (χ1n) is 11.7. The highest BCUT2D eigenvalue weighted by Crippen LogP contribution is 2.36. The fourth-order valence-electron chi connectivity index (χ4n) is 6.05. The van der Waals surface area contributed by atoms with E-state index >= 15 is 0 Å². The Morgan fingerprint density at radius 3 is 2.11 bits per heavy atom. The van der Waals surface area contributed by atoms with Crippen LogP contribution in [-0.4, -0.2) is 42.1 Å². The van der Waals surface area contributed by atoms with Gasteiger partial charge in [-0.2, -0.15) is 0 Å². The summed E-state index contributed by atoms with van der Waals surface area (Å²) < 4.78 is 6.26. The van der Waals surface area contributed by atoms with E-state index in [2.05, 4.69) is 18.7 Å². The average Bonchev–Trinajstić information content (AvgIpc) is 2.66. The molecule has 2 N–H and O–H groups in total. The zero-order chi connectivity index (χ0) is 19.2. The summed E-state index contributed by atoms with van der Waals surface area (Å²) in [6.45, 7) is 6.26. The van der Waals surface area contributed by atoms with Gasteiger partial charge in [-0.3, -0.25) is 9.69 Å². The quantitative estimate of drug-likeness (QED) is 0.709. The molecule has 1 aliphatic heterocycles. The zero-order valence-electron chi connectivity index (χ0n) is 17.7. The minimum absolute atomic E-state index is 0.0478. The summed E-state index contributed by atoms with van der Waals surface area (Å²) in [5, 5.41) is 0. The molecule has 4 heteroatoms. The van der Waals surface area contributed by atoms with Gasteiger partial charge in [-0.05, 0) is 70.6 Å². The number of amides is 1. The Labute approximate surface area is 166 Å². The number of hydrogen-bond acceptors (Lipinski definition) is 3. The van der Waals surface area contributed by atoms with E-state index in [0.717, 1.165) is 37.8 Å². The summed E-state index contributed by atoms with van der Waals surface area (Å²) in [7, 11) is 0. The zero-order valence-corrected chi connectivity index (χ0v) is 17.7. The fraction of sp³-hybridized carbons (Fsp3) is 0.957. The van der Waals surface area contributed by atoms with E-state index in [9.17, 15) is 4.79 Å². The van der Waals surface area contributed by atoms with Crippen molar-refractivity contribution in [2.24, 2.45) is 23.5 Å². The van der Waals surface area contributed by atoms with Crippen LogP contribution in [0.3, 0.4) is 0 Å². The van der Waals surface area contributed by atoms with Crippen LogP contribution in [0.1, 0.15) is 90.9 Å². The first-order valence-corrected chi connectivity index (χ1v) is 11.7. The minimum Gasteiger partial charge on any atom is -0.377 e. The number of rotatable bonds is 7. The van der Waals surface area contributed by atoms with Crippen molar-refractivity contribution in [1.29, 1.82) is 0 Å². The molecule has 2 aliphatic carbocycles. The molecule has 3 atom stereocenters. The third kappa shape index (κ3) is 6.19. The SMILES string of the molecule is C[C@@H]1CC(C(N)=O)C[C@H](C)N1CCOC1CCC(CC2CCCCC2)CC1. The molecular weight excluding hydrogens is 336 g/mol. The Morgan fingerprint density at radius 1 is 0.926 bits per heavy atom. The van der Waals surface area contributed by atoms with E-state index < -0.39 is 0 Å². The van der Waals surface area contributed by atoms with Crippen molar-refractivity contribution in [1.82, 2.24) is 4.90 Å². The summed E-state index contributed by atoms with van der Waals surface area (Å²) in [5.74, 6) is 1.90. The molecule has 3 rings (SSSR count). The molecule has 0 bridgehead atoms. The Kier molecular flexibility index (Phi) is 8.01. The van der Waals surface area contributed by atoms with Crippen LogP contribution in [0.25, 0.3) is 0 Å². The highest BCUT2D eigenvalue weighted by Gasteiger charge is 2.33. The van der Waals surface area contributed by atoms with Crippen LogP contribution in [0.2, 0.25) is 0 Å². The number of ether oxygens (including phenoxy) is 1. The van der Waals surface area contributed by atoms with Gasteiger partial charge in [0.2, 0.25) is 5.91 Å². The Balaban J connectivity index is 1.31. The molecule has 0 aromatic carbocycles. The lowest BCUT2D eigenvalue weighted by atomic mass is 9.77. The number of hydrogen-bond donors (Lipinski definition) is 1. The van der Waals surface area contributed by atoms with Crippen molar-refractivity contribution in [3.63, 3.8) is 0 Å². The van der Waals surface area contributed by atoms with Gasteiger partial charge >= 0.3 is 0 Å². The third-order valence-electron chi connectivity index (χ3n) is 7.67. The van der Waals surface area contributed by atoms with E-state index in [0.29, 0.717) is 18.2 Å². The highest BCUT2D eigenvalue weighted by atomic mass is 16.5. The maximum atomic E-state index is 11.5. The van der Waals surface area contributed by atoms with Gasteiger partial charge in [-0.1, -0.05) is 32.1 Å². The van der Waals surface area contributed by atoms with Crippen LogP contribution in [-0.2, 0) is 9.53 Å². The van der Waals surface area contributed by atoms with Crippen molar-refractivity contribution in [3.05, 3.63) is 0 Å². The van der Waals surface area contributed by atoms with E-state index in [1.54, 1.807) is 0 Å². The molecule has 0 aromatic heterocycles. The lowest BCUT2D eigenvalue weighted by molar-refractivity contribution is -0.125. The molecule has 1 saturated heterocycles. The molecule has 156 valence electrons. The lowest BCUT2D eigenvalue weighted by Crippen LogP contribution is -2.50. The topological polar surface area (TPSA) is 55.6 Å². The van der Waals surface area contributed by atoms with Crippen molar-refractivity contribution in [2.45, 2.75) is 109 Å². The monoisotopic (exact) mass is 378 g/mol. The number of carbonyl (C=O) groups excluding carboxylic acids is 1. The maximum Gasteiger partial charge on any atom is 0.220 e. The van der Waals surface area contributed by atoms with Crippen LogP contribution in [0, 0.1) is 17.8 Å². The van der Waals surface area contributed by atoms with Gasteiger partial charge in [0.25, 0.3) is 0 Å². The molecule has 1 unspecified atom stereocenters. The number of carbonyl (C=O) groups is 1. The summed E-state index contributed by atoms with van der Waals surface area (Å²) in [4.78, 5) is 14.0. The molecule has 2 saturated carbocycles. The van der Waals surface area contributed by atoms with E-state index in [-0.39, 0.29) is 11.8 Å². The maximum absolute atomic E-state index is 11.5. The van der Waals surface area contributed by atoms with Crippen LogP contribution in [0.5, 0.6) is 0 Å². The first kappa shape index (κ1) is 21.1. The van der Waals surface area contributed by atoms with Crippen molar-refractivity contribution < 1.29 is 9.53 Å². The largest absolute Gasteiger partial charge is 0.377 e.